The maximum atomic E-state index is 13.3. The van der Waals surface area contributed by atoms with Gasteiger partial charge in [0, 0.05) is 46.0 Å². The second kappa shape index (κ2) is 9.93. The third kappa shape index (κ3) is 4.75. The molecule has 2 aliphatic rings. The van der Waals surface area contributed by atoms with Crippen LogP contribution >= 0.6 is 0 Å². The van der Waals surface area contributed by atoms with Crippen LogP contribution in [0.5, 0.6) is 0 Å². The molecule has 8 nitrogen and oxygen atoms in total. The summed E-state index contributed by atoms with van der Waals surface area (Å²) in [6, 6.07) is 5.20. The highest BCUT2D eigenvalue weighted by Gasteiger charge is 2.40. The van der Waals surface area contributed by atoms with Gasteiger partial charge in [-0.25, -0.2) is 0 Å². The molecule has 1 N–H and O–H groups in total. The van der Waals surface area contributed by atoms with Crippen LogP contribution in [0.3, 0.4) is 0 Å². The molecular weight excluding hydrogens is 384 g/mol. The zero-order valence-corrected chi connectivity index (χ0v) is 18.1. The van der Waals surface area contributed by atoms with Gasteiger partial charge in [0.25, 0.3) is 5.91 Å². The summed E-state index contributed by atoms with van der Waals surface area (Å²) in [4.78, 5) is 43.5. The molecule has 0 bridgehead atoms. The molecule has 0 radical (unpaired) electrons. The quantitative estimate of drug-likeness (QED) is 0.652. The van der Waals surface area contributed by atoms with Gasteiger partial charge in [-0.3, -0.25) is 19.3 Å². The van der Waals surface area contributed by atoms with Crippen LogP contribution in [-0.2, 0) is 14.3 Å². The Labute approximate surface area is 178 Å². The third-order valence-corrected chi connectivity index (χ3v) is 5.58. The van der Waals surface area contributed by atoms with E-state index in [-0.39, 0.29) is 30.3 Å². The number of carbonyl (C=O) groups excluding carboxylic acids is 3. The lowest BCUT2D eigenvalue weighted by Gasteiger charge is -2.45. The molecule has 1 aromatic carbocycles. The lowest BCUT2D eigenvalue weighted by Crippen LogP contribution is -2.57. The molecular formula is C22H32N4O4. The molecule has 1 atom stereocenters. The Morgan fingerprint density at radius 3 is 2.77 bits per heavy atom. The number of nitrogens with one attached hydrogen (secondary N) is 1. The molecule has 0 aliphatic carbocycles. The van der Waals surface area contributed by atoms with Crippen molar-refractivity contribution in [3.8, 4) is 0 Å². The average molecular weight is 417 g/mol. The summed E-state index contributed by atoms with van der Waals surface area (Å²) in [6.45, 7) is 4.44. The molecule has 164 valence electrons. The van der Waals surface area contributed by atoms with Crippen LogP contribution in [0.1, 0.15) is 43.0 Å². The predicted molar refractivity (Wildman–Crippen MR) is 116 cm³/mol. The first-order valence-electron chi connectivity index (χ1n) is 10.7. The van der Waals surface area contributed by atoms with E-state index in [0.29, 0.717) is 31.0 Å². The number of fused-ring (bicyclic) bond motifs is 3. The van der Waals surface area contributed by atoms with Crippen LogP contribution in [0.2, 0.25) is 0 Å². The lowest BCUT2D eigenvalue weighted by atomic mass is 9.95. The first kappa shape index (κ1) is 22.1. The van der Waals surface area contributed by atoms with Crippen molar-refractivity contribution in [3.63, 3.8) is 0 Å². The van der Waals surface area contributed by atoms with Gasteiger partial charge in [0.05, 0.1) is 11.4 Å². The van der Waals surface area contributed by atoms with Crippen LogP contribution in [0.25, 0.3) is 0 Å². The Balaban J connectivity index is 1.82. The summed E-state index contributed by atoms with van der Waals surface area (Å²) in [7, 11) is 3.39. The molecule has 3 amide bonds. The summed E-state index contributed by atoms with van der Waals surface area (Å²) in [6.07, 6.45) is 3.53. The highest BCUT2D eigenvalue weighted by Crippen LogP contribution is 2.40. The van der Waals surface area contributed by atoms with E-state index in [1.54, 1.807) is 31.1 Å². The number of amides is 3. The Bertz CT molecular complexity index is 795. The second-order valence-corrected chi connectivity index (χ2v) is 7.93. The molecule has 1 saturated heterocycles. The van der Waals surface area contributed by atoms with E-state index in [1.807, 2.05) is 13.0 Å². The van der Waals surface area contributed by atoms with Gasteiger partial charge in [-0.05, 0) is 50.8 Å². The molecule has 2 heterocycles. The maximum absolute atomic E-state index is 13.3. The summed E-state index contributed by atoms with van der Waals surface area (Å²) in [5.41, 5.74) is 2.05. The van der Waals surface area contributed by atoms with Crippen molar-refractivity contribution in [2.45, 2.75) is 38.6 Å². The van der Waals surface area contributed by atoms with Crippen LogP contribution in [0.15, 0.2) is 18.2 Å². The number of ether oxygens (including phenoxy) is 1. The summed E-state index contributed by atoms with van der Waals surface area (Å²) < 4.78 is 5.29. The van der Waals surface area contributed by atoms with Crippen LogP contribution in [-0.4, -0.2) is 75.6 Å². The summed E-state index contributed by atoms with van der Waals surface area (Å²) in [5, 5.41) is 2.87. The molecule has 3 rings (SSSR count). The van der Waals surface area contributed by atoms with Gasteiger partial charge in [0.15, 0.2) is 0 Å². The van der Waals surface area contributed by atoms with E-state index in [4.69, 9.17) is 4.74 Å². The van der Waals surface area contributed by atoms with Crippen molar-refractivity contribution in [3.05, 3.63) is 23.8 Å². The largest absolute Gasteiger partial charge is 0.382 e. The van der Waals surface area contributed by atoms with Crippen molar-refractivity contribution < 1.29 is 19.1 Å². The van der Waals surface area contributed by atoms with E-state index in [9.17, 15) is 14.4 Å². The average Bonchev–Trinajstić information content (AvgIpc) is 2.75. The fourth-order valence-electron chi connectivity index (χ4n) is 4.06. The molecule has 1 fully saturated rings. The van der Waals surface area contributed by atoms with Crippen LogP contribution in [0.4, 0.5) is 11.4 Å². The zero-order valence-electron chi connectivity index (χ0n) is 18.1. The van der Waals surface area contributed by atoms with E-state index < -0.39 is 0 Å². The standard InChI is InChI=1S/C22H32N4O4/c1-4-30-13-7-11-23-20(27)15-26-19-14-16(21(28)24(2)3)9-10-17(19)25-12-6-5-8-18(25)22(26)29/h9-10,14,18H,4-8,11-13,15H2,1-3H3,(H,23,27)/t18-/m0/s1. The van der Waals surface area contributed by atoms with Crippen molar-refractivity contribution >= 4 is 29.1 Å². The van der Waals surface area contributed by atoms with Gasteiger partial charge in [-0.1, -0.05) is 0 Å². The van der Waals surface area contributed by atoms with Crippen molar-refractivity contribution in [2.75, 3.05) is 56.7 Å². The normalized spacial score (nSPS) is 18.0. The number of nitrogens with zero attached hydrogens (tertiary/aromatic N) is 3. The van der Waals surface area contributed by atoms with Gasteiger partial charge in [-0.2, -0.15) is 0 Å². The lowest BCUT2D eigenvalue weighted by molar-refractivity contribution is -0.125. The highest BCUT2D eigenvalue weighted by atomic mass is 16.5. The number of hydrogen-bond donors (Lipinski definition) is 1. The van der Waals surface area contributed by atoms with Gasteiger partial charge < -0.3 is 19.9 Å². The van der Waals surface area contributed by atoms with Gasteiger partial charge >= 0.3 is 0 Å². The molecule has 1 aromatic rings. The number of rotatable bonds is 8. The van der Waals surface area contributed by atoms with Crippen molar-refractivity contribution in [1.29, 1.82) is 0 Å². The van der Waals surface area contributed by atoms with E-state index >= 15 is 0 Å². The summed E-state index contributed by atoms with van der Waals surface area (Å²) in [5.74, 6) is -0.410. The van der Waals surface area contributed by atoms with E-state index in [2.05, 4.69) is 10.2 Å². The zero-order chi connectivity index (χ0) is 21.7. The van der Waals surface area contributed by atoms with Gasteiger partial charge in [-0.15, -0.1) is 0 Å². The number of benzene rings is 1. The monoisotopic (exact) mass is 416 g/mol. The van der Waals surface area contributed by atoms with Crippen molar-refractivity contribution in [1.82, 2.24) is 10.2 Å². The predicted octanol–water partition coefficient (Wildman–Crippen LogP) is 1.64. The van der Waals surface area contributed by atoms with Crippen LogP contribution < -0.4 is 15.1 Å². The maximum Gasteiger partial charge on any atom is 0.253 e. The minimum absolute atomic E-state index is 0.0512. The Kier molecular flexibility index (Phi) is 7.31. The van der Waals surface area contributed by atoms with E-state index in [0.717, 1.165) is 37.9 Å². The SMILES string of the molecule is CCOCCCNC(=O)CN1C(=O)[C@@H]2CCCCN2c2ccc(C(=O)N(C)C)cc21. The molecule has 0 spiro atoms. The number of hydrogen-bond acceptors (Lipinski definition) is 5. The number of anilines is 2. The first-order valence-corrected chi connectivity index (χ1v) is 10.7. The van der Waals surface area contributed by atoms with Gasteiger partial charge in [0.2, 0.25) is 11.8 Å². The molecule has 0 saturated carbocycles. The topological polar surface area (TPSA) is 82.2 Å². The smallest absolute Gasteiger partial charge is 0.253 e. The molecule has 0 aromatic heterocycles. The summed E-state index contributed by atoms with van der Waals surface area (Å²) >= 11 is 0. The first-order chi connectivity index (χ1) is 14.4. The van der Waals surface area contributed by atoms with E-state index in [1.165, 1.54) is 4.90 Å². The molecule has 8 heteroatoms. The minimum Gasteiger partial charge on any atom is -0.382 e. The number of carbonyl (C=O) groups is 3. The Hall–Kier alpha value is -2.61. The molecule has 30 heavy (non-hydrogen) atoms. The van der Waals surface area contributed by atoms with Crippen LogP contribution in [0, 0.1) is 0 Å². The van der Waals surface area contributed by atoms with Gasteiger partial charge in [0.1, 0.15) is 12.6 Å². The second-order valence-electron chi connectivity index (χ2n) is 7.93. The molecule has 2 aliphatic heterocycles. The van der Waals surface area contributed by atoms with Crippen molar-refractivity contribution in [2.24, 2.45) is 0 Å². The Morgan fingerprint density at radius 2 is 2.03 bits per heavy atom. The fraction of sp³-hybridized carbons (Fsp3) is 0.591. The fourth-order valence-corrected chi connectivity index (χ4v) is 4.06. The highest BCUT2D eigenvalue weighted by molar-refractivity contribution is 6.09. The Morgan fingerprint density at radius 1 is 1.23 bits per heavy atom. The molecule has 0 unspecified atom stereocenters. The number of piperidine rings is 1. The third-order valence-electron chi connectivity index (χ3n) is 5.58. The minimum atomic E-state index is -0.243.